The van der Waals surface area contributed by atoms with E-state index in [-0.39, 0.29) is 5.56 Å². The van der Waals surface area contributed by atoms with Gasteiger partial charge in [-0.15, -0.1) is 0 Å². The van der Waals surface area contributed by atoms with Crippen LogP contribution in [0.4, 0.5) is 8.78 Å². The van der Waals surface area contributed by atoms with Gasteiger partial charge in [0.15, 0.2) is 0 Å². The van der Waals surface area contributed by atoms with Crippen LogP contribution in [0.2, 0.25) is 0 Å². The van der Waals surface area contributed by atoms with Crippen LogP contribution in [0.1, 0.15) is 11.1 Å². The van der Waals surface area contributed by atoms with Gasteiger partial charge in [0.25, 0.3) is 0 Å². The van der Waals surface area contributed by atoms with E-state index in [2.05, 4.69) is 15.1 Å². The van der Waals surface area contributed by atoms with Crippen LogP contribution in [0, 0.1) is 18.6 Å². The van der Waals surface area contributed by atoms with Gasteiger partial charge in [-0.3, -0.25) is 14.6 Å². The van der Waals surface area contributed by atoms with E-state index in [1.165, 1.54) is 19.1 Å². The molecule has 6 heteroatoms. The summed E-state index contributed by atoms with van der Waals surface area (Å²) in [4.78, 5) is 8.45. The first-order chi connectivity index (χ1) is 12.1. The van der Waals surface area contributed by atoms with Gasteiger partial charge in [0, 0.05) is 35.3 Å². The Bertz CT molecular complexity index is 1060. The van der Waals surface area contributed by atoms with Gasteiger partial charge in [-0.05, 0) is 36.8 Å². The number of fused-ring (bicyclic) bond motifs is 1. The molecule has 124 valence electrons. The van der Waals surface area contributed by atoms with E-state index in [4.69, 9.17) is 0 Å². The van der Waals surface area contributed by atoms with Gasteiger partial charge in [0.2, 0.25) is 0 Å². The second-order valence-corrected chi connectivity index (χ2v) is 5.83. The predicted octanol–water partition coefficient (Wildman–Crippen LogP) is 4.13. The highest BCUT2D eigenvalue weighted by atomic mass is 19.1. The molecule has 4 nitrogen and oxygen atoms in total. The molecular weight excluding hydrogens is 322 g/mol. The van der Waals surface area contributed by atoms with Crippen LogP contribution in [-0.2, 0) is 6.54 Å². The zero-order valence-corrected chi connectivity index (χ0v) is 13.4. The van der Waals surface area contributed by atoms with Crippen molar-refractivity contribution in [2.45, 2.75) is 13.5 Å². The van der Waals surface area contributed by atoms with Crippen LogP contribution < -0.4 is 0 Å². The van der Waals surface area contributed by atoms with Crippen molar-refractivity contribution in [1.29, 1.82) is 0 Å². The quantitative estimate of drug-likeness (QED) is 0.565. The number of hydrogen-bond acceptors (Lipinski definition) is 3. The first-order valence-corrected chi connectivity index (χ1v) is 7.79. The van der Waals surface area contributed by atoms with Crippen molar-refractivity contribution < 1.29 is 8.78 Å². The Morgan fingerprint density at radius 3 is 2.76 bits per heavy atom. The summed E-state index contributed by atoms with van der Waals surface area (Å²) in [6.07, 6.45) is 6.73. The van der Waals surface area contributed by atoms with E-state index < -0.39 is 11.6 Å². The molecule has 0 saturated carbocycles. The molecule has 3 aromatic heterocycles. The molecule has 0 spiro atoms. The molecule has 0 fully saturated rings. The SMILES string of the molecule is Cc1c(F)ccc(-c2cnc3cnn(Cc4cccnc4)c3c2)c1F. The van der Waals surface area contributed by atoms with E-state index in [1.807, 2.05) is 18.2 Å². The van der Waals surface area contributed by atoms with Gasteiger partial charge < -0.3 is 0 Å². The van der Waals surface area contributed by atoms with Gasteiger partial charge in [0.1, 0.15) is 17.2 Å². The molecule has 0 aliphatic carbocycles. The molecule has 0 atom stereocenters. The summed E-state index contributed by atoms with van der Waals surface area (Å²) in [5.41, 5.74) is 3.40. The fourth-order valence-corrected chi connectivity index (χ4v) is 2.78. The number of pyridine rings is 2. The lowest BCUT2D eigenvalue weighted by atomic mass is 10.0. The summed E-state index contributed by atoms with van der Waals surface area (Å²) in [6, 6.07) is 8.34. The first kappa shape index (κ1) is 15.4. The van der Waals surface area contributed by atoms with Crippen molar-refractivity contribution in [2.24, 2.45) is 0 Å². The van der Waals surface area contributed by atoms with E-state index in [0.29, 0.717) is 23.2 Å². The van der Waals surface area contributed by atoms with Crippen molar-refractivity contribution in [3.63, 3.8) is 0 Å². The van der Waals surface area contributed by atoms with Crippen LogP contribution in [0.3, 0.4) is 0 Å². The Balaban J connectivity index is 1.80. The lowest BCUT2D eigenvalue weighted by molar-refractivity contribution is 0.570. The molecule has 0 bridgehead atoms. The summed E-state index contributed by atoms with van der Waals surface area (Å²) < 4.78 is 29.7. The number of hydrogen-bond donors (Lipinski definition) is 0. The number of halogens is 2. The molecule has 0 aliphatic heterocycles. The molecular formula is C19H14F2N4. The molecule has 4 rings (SSSR count). The zero-order chi connectivity index (χ0) is 17.4. The maximum absolute atomic E-state index is 14.4. The molecule has 25 heavy (non-hydrogen) atoms. The largest absolute Gasteiger partial charge is 0.264 e. The molecule has 0 amide bonds. The monoisotopic (exact) mass is 336 g/mol. The van der Waals surface area contributed by atoms with Crippen LogP contribution in [-0.4, -0.2) is 19.7 Å². The fraction of sp³-hybridized carbons (Fsp3) is 0.105. The lowest BCUT2D eigenvalue weighted by Crippen LogP contribution is -2.02. The summed E-state index contributed by atoms with van der Waals surface area (Å²) in [6.45, 7) is 1.96. The van der Waals surface area contributed by atoms with E-state index in [9.17, 15) is 8.78 Å². The Kier molecular flexibility index (Phi) is 3.72. The third-order valence-electron chi connectivity index (χ3n) is 4.18. The molecule has 0 N–H and O–H groups in total. The zero-order valence-electron chi connectivity index (χ0n) is 13.4. The van der Waals surface area contributed by atoms with Crippen molar-refractivity contribution in [3.05, 3.63) is 77.9 Å². The predicted molar refractivity (Wildman–Crippen MR) is 91.0 cm³/mol. The second-order valence-electron chi connectivity index (χ2n) is 5.83. The van der Waals surface area contributed by atoms with Gasteiger partial charge in [-0.25, -0.2) is 8.78 Å². The summed E-state index contributed by atoms with van der Waals surface area (Å²) in [5, 5.41) is 4.35. The maximum atomic E-state index is 14.4. The van der Waals surface area contributed by atoms with E-state index in [0.717, 1.165) is 11.1 Å². The Hall–Kier alpha value is -3.15. The Morgan fingerprint density at radius 2 is 1.96 bits per heavy atom. The second kappa shape index (κ2) is 6.05. The standard InChI is InChI=1S/C19H14F2N4/c1-12-16(20)5-4-15(19(12)21)14-7-18-17(23-9-14)10-24-25(18)11-13-3-2-6-22-8-13/h2-10H,11H2,1H3. The Morgan fingerprint density at radius 1 is 1.08 bits per heavy atom. The molecule has 0 aliphatic rings. The lowest BCUT2D eigenvalue weighted by Gasteiger charge is -2.08. The van der Waals surface area contributed by atoms with Crippen LogP contribution >= 0.6 is 0 Å². The molecule has 3 heterocycles. The van der Waals surface area contributed by atoms with E-state index in [1.54, 1.807) is 29.5 Å². The summed E-state index contributed by atoms with van der Waals surface area (Å²) >= 11 is 0. The first-order valence-electron chi connectivity index (χ1n) is 7.79. The highest BCUT2D eigenvalue weighted by molar-refractivity contribution is 5.80. The average molecular weight is 336 g/mol. The minimum absolute atomic E-state index is 0.00136. The van der Waals surface area contributed by atoms with Crippen LogP contribution in [0.15, 0.2) is 55.1 Å². The number of aromatic nitrogens is 4. The Labute approximate surface area is 142 Å². The van der Waals surface area contributed by atoms with Crippen molar-refractivity contribution in [2.75, 3.05) is 0 Å². The topological polar surface area (TPSA) is 43.6 Å². The van der Waals surface area contributed by atoms with Crippen molar-refractivity contribution in [3.8, 4) is 11.1 Å². The van der Waals surface area contributed by atoms with Crippen molar-refractivity contribution >= 4 is 11.0 Å². The molecule has 1 aromatic carbocycles. The number of rotatable bonds is 3. The summed E-state index contributed by atoms with van der Waals surface area (Å²) in [5.74, 6) is -1.13. The van der Waals surface area contributed by atoms with Crippen LogP contribution in [0.25, 0.3) is 22.2 Å². The van der Waals surface area contributed by atoms with E-state index >= 15 is 0 Å². The number of benzene rings is 1. The van der Waals surface area contributed by atoms with Gasteiger partial charge >= 0.3 is 0 Å². The smallest absolute Gasteiger partial charge is 0.136 e. The van der Waals surface area contributed by atoms with Crippen LogP contribution in [0.5, 0.6) is 0 Å². The van der Waals surface area contributed by atoms with Gasteiger partial charge in [-0.1, -0.05) is 6.07 Å². The third kappa shape index (κ3) is 2.76. The van der Waals surface area contributed by atoms with Gasteiger partial charge in [-0.2, -0.15) is 5.10 Å². The molecule has 0 radical (unpaired) electrons. The minimum Gasteiger partial charge on any atom is -0.264 e. The number of nitrogens with zero attached hydrogens (tertiary/aromatic N) is 4. The van der Waals surface area contributed by atoms with Crippen molar-refractivity contribution in [1.82, 2.24) is 19.7 Å². The highest BCUT2D eigenvalue weighted by Gasteiger charge is 2.13. The minimum atomic E-state index is -0.570. The normalized spacial score (nSPS) is 11.2. The average Bonchev–Trinajstić information content (AvgIpc) is 3.03. The third-order valence-corrected chi connectivity index (χ3v) is 4.18. The van der Waals surface area contributed by atoms with Gasteiger partial charge in [0.05, 0.1) is 18.3 Å². The molecule has 0 unspecified atom stereocenters. The fourth-order valence-electron chi connectivity index (χ4n) is 2.78. The highest BCUT2D eigenvalue weighted by Crippen LogP contribution is 2.28. The molecule has 4 aromatic rings. The summed E-state index contributed by atoms with van der Waals surface area (Å²) in [7, 11) is 0. The maximum Gasteiger partial charge on any atom is 0.136 e. The molecule has 0 saturated heterocycles.